The second kappa shape index (κ2) is 5.21. The molecule has 0 amide bonds. The van der Waals surface area contributed by atoms with E-state index in [1.165, 1.54) is 0 Å². The van der Waals surface area contributed by atoms with Gasteiger partial charge in [-0.2, -0.15) is 0 Å². The molecule has 17 heavy (non-hydrogen) atoms. The number of imidazole rings is 1. The molecule has 0 spiro atoms. The second-order valence-corrected chi connectivity index (χ2v) is 4.04. The molecule has 0 aliphatic heterocycles. The quantitative estimate of drug-likeness (QED) is 0.876. The number of H-pyrrole nitrogens is 1. The molecule has 0 aliphatic rings. The first-order chi connectivity index (χ1) is 8.24. The number of hydrogen-bond acceptors (Lipinski definition) is 3. The number of ether oxygens (including phenoxy) is 1. The summed E-state index contributed by atoms with van der Waals surface area (Å²) in [6.07, 6.45) is 2.52. The minimum atomic E-state index is 0.580. The van der Waals surface area contributed by atoms with Gasteiger partial charge < -0.3 is 15.5 Å². The zero-order chi connectivity index (χ0) is 12.3. The molecule has 0 bridgehead atoms. The third-order valence-electron chi connectivity index (χ3n) is 2.47. The van der Waals surface area contributed by atoms with E-state index in [2.05, 4.69) is 9.97 Å². The molecule has 1 aromatic carbocycles. The molecule has 3 N–H and O–H groups in total. The fourth-order valence-corrected chi connectivity index (χ4v) is 1.86. The van der Waals surface area contributed by atoms with Gasteiger partial charge in [-0.15, -0.1) is 0 Å². The standard InChI is InChI=1S/C12H14ClN3O/c1-17-11-3-2-8(6-9(11)13)10-7-15-12(16-10)4-5-14/h2-3,6-7H,4-5,14H2,1H3,(H,15,16). The number of nitrogens with zero attached hydrogens (tertiary/aromatic N) is 1. The van der Waals surface area contributed by atoms with Crippen LogP contribution in [0.15, 0.2) is 24.4 Å². The van der Waals surface area contributed by atoms with Crippen molar-refractivity contribution in [2.75, 3.05) is 13.7 Å². The average molecular weight is 252 g/mol. The van der Waals surface area contributed by atoms with E-state index in [9.17, 15) is 0 Å². The molecule has 2 rings (SSSR count). The Bertz CT molecular complexity index is 510. The predicted octanol–water partition coefficient (Wildman–Crippen LogP) is 2.24. The molecular formula is C12H14ClN3O. The molecule has 0 unspecified atom stereocenters. The lowest BCUT2D eigenvalue weighted by atomic mass is 10.1. The average Bonchev–Trinajstić information content (AvgIpc) is 2.78. The highest BCUT2D eigenvalue weighted by atomic mass is 35.5. The molecule has 1 aromatic heterocycles. The van der Waals surface area contributed by atoms with Gasteiger partial charge in [0.2, 0.25) is 0 Å². The highest BCUT2D eigenvalue weighted by Gasteiger charge is 2.06. The van der Waals surface area contributed by atoms with Crippen molar-refractivity contribution >= 4 is 11.6 Å². The summed E-state index contributed by atoms with van der Waals surface area (Å²) in [6, 6.07) is 5.62. The van der Waals surface area contributed by atoms with Crippen LogP contribution in [0.25, 0.3) is 11.3 Å². The summed E-state index contributed by atoms with van der Waals surface area (Å²) < 4.78 is 5.11. The lowest BCUT2D eigenvalue weighted by molar-refractivity contribution is 0.415. The van der Waals surface area contributed by atoms with Crippen LogP contribution in [0.4, 0.5) is 0 Å². The third-order valence-corrected chi connectivity index (χ3v) is 2.77. The fraction of sp³-hybridized carbons (Fsp3) is 0.250. The van der Waals surface area contributed by atoms with Crippen LogP contribution in [0.1, 0.15) is 5.82 Å². The van der Waals surface area contributed by atoms with Gasteiger partial charge in [0.1, 0.15) is 11.6 Å². The molecule has 4 nitrogen and oxygen atoms in total. The highest BCUT2D eigenvalue weighted by molar-refractivity contribution is 6.32. The predicted molar refractivity (Wildman–Crippen MR) is 68.3 cm³/mol. The Morgan fingerprint density at radius 2 is 2.29 bits per heavy atom. The first kappa shape index (κ1) is 12.0. The van der Waals surface area contributed by atoms with Crippen LogP contribution in [-0.2, 0) is 6.42 Å². The lowest BCUT2D eigenvalue weighted by Gasteiger charge is -2.04. The van der Waals surface area contributed by atoms with Crippen LogP contribution in [0, 0.1) is 0 Å². The van der Waals surface area contributed by atoms with E-state index in [4.69, 9.17) is 22.1 Å². The maximum absolute atomic E-state index is 6.07. The Morgan fingerprint density at radius 1 is 1.47 bits per heavy atom. The van der Waals surface area contributed by atoms with Crippen LogP contribution >= 0.6 is 11.6 Å². The first-order valence-electron chi connectivity index (χ1n) is 5.32. The number of rotatable bonds is 4. The number of halogens is 1. The molecule has 0 radical (unpaired) electrons. The van der Waals surface area contributed by atoms with Gasteiger partial charge in [-0.05, 0) is 24.7 Å². The van der Waals surface area contributed by atoms with Crippen molar-refractivity contribution in [1.29, 1.82) is 0 Å². The summed E-state index contributed by atoms with van der Waals surface area (Å²) in [6.45, 7) is 0.580. The van der Waals surface area contributed by atoms with Crippen molar-refractivity contribution in [3.05, 3.63) is 35.2 Å². The van der Waals surface area contributed by atoms with E-state index in [1.54, 1.807) is 13.3 Å². The van der Waals surface area contributed by atoms with E-state index < -0.39 is 0 Å². The van der Waals surface area contributed by atoms with Crippen LogP contribution in [0.3, 0.4) is 0 Å². The SMILES string of the molecule is COc1ccc(-c2cnc(CCN)[nH]2)cc1Cl. The molecule has 0 saturated carbocycles. The molecule has 2 aromatic rings. The zero-order valence-electron chi connectivity index (χ0n) is 9.53. The summed E-state index contributed by atoms with van der Waals surface area (Å²) in [5.41, 5.74) is 7.38. The number of methoxy groups -OCH3 is 1. The van der Waals surface area contributed by atoms with Crippen molar-refractivity contribution in [2.45, 2.75) is 6.42 Å². The van der Waals surface area contributed by atoms with Gasteiger partial charge in [0.15, 0.2) is 0 Å². The molecular weight excluding hydrogens is 238 g/mol. The van der Waals surface area contributed by atoms with E-state index in [0.29, 0.717) is 17.3 Å². The molecule has 0 fully saturated rings. The van der Waals surface area contributed by atoms with Crippen LogP contribution in [-0.4, -0.2) is 23.6 Å². The normalized spacial score (nSPS) is 10.5. The molecule has 90 valence electrons. The van der Waals surface area contributed by atoms with E-state index in [-0.39, 0.29) is 0 Å². The minimum Gasteiger partial charge on any atom is -0.495 e. The smallest absolute Gasteiger partial charge is 0.137 e. The number of nitrogens with two attached hydrogens (primary N) is 1. The van der Waals surface area contributed by atoms with Gasteiger partial charge in [-0.25, -0.2) is 4.98 Å². The Morgan fingerprint density at radius 3 is 2.94 bits per heavy atom. The van der Waals surface area contributed by atoms with Gasteiger partial charge in [-0.1, -0.05) is 11.6 Å². The lowest BCUT2D eigenvalue weighted by Crippen LogP contribution is -2.03. The van der Waals surface area contributed by atoms with Crippen LogP contribution < -0.4 is 10.5 Å². The second-order valence-electron chi connectivity index (χ2n) is 3.63. The topological polar surface area (TPSA) is 63.9 Å². The van der Waals surface area contributed by atoms with Crippen molar-refractivity contribution in [3.8, 4) is 17.0 Å². The van der Waals surface area contributed by atoms with Crippen molar-refractivity contribution < 1.29 is 4.74 Å². The third kappa shape index (κ3) is 2.60. The Labute approximate surface area is 105 Å². The number of nitrogens with one attached hydrogen (secondary N) is 1. The van der Waals surface area contributed by atoms with Gasteiger partial charge in [0.05, 0.1) is 24.0 Å². The van der Waals surface area contributed by atoms with E-state index >= 15 is 0 Å². The summed E-state index contributed by atoms with van der Waals surface area (Å²) in [7, 11) is 1.59. The molecule has 1 heterocycles. The zero-order valence-corrected chi connectivity index (χ0v) is 10.3. The van der Waals surface area contributed by atoms with Crippen LogP contribution in [0.2, 0.25) is 5.02 Å². The van der Waals surface area contributed by atoms with Gasteiger partial charge in [-0.3, -0.25) is 0 Å². The summed E-state index contributed by atoms with van der Waals surface area (Å²) in [5.74, 6) is 1.55. The molecule has 0 aliphatic carbocycles. The summed E-state index contributed by atoms with van der Waals surface area (Å²) >= 11 is 6.07. The summed E-state index contributed by atoms with van der Waals surface area (Å²) in [5, 5.41) is 0.583. The van der Waals surface area contributed by atoms with Gasteiger partial charge in [0, 0.05) is 12.0 Å². The Balaban J connectivity index is 2.29. The minimum absolute atomic E-state index is 0.580. The molecule has 5 heteroatoms. The van der Waals surface area contributed by atoms with E-state index in [1.807, 2.05) is 18.2 Å². The maximum atomic E-state index is 6.07. The monoisotopic (exact) mass is 251 g/mol. The fourth-order valence-electron chi connectivity index (χ4n) is 1.61. The first-order valence-corrected chi connectivity index (χ1v) is 5.70. The Hall–Kier alpha value is -1.52. The number of aromatic amines is 1. The van der Waals surface area contributed by atoms with Crippen molar-refractivity contribution in [1.82, 2.24) is 9.97 Å². The molecule has 0 atom stereocenters. The van der Waals surface area contributed by atoms with Gasteiger partial charge in [0.25, 0.3) is 0 Å². The van der Waals surface area contributed by atoms with E-state index in [0.717, 1.165) is 23.5 Å². The molecule has 0 saturated heterocycles. The van der Waals surface area contributed by atoms with Crippen LogP contribution in [0.5, 0.6) is 5.75 Å². The largest absolute Gasteiger partial charge is 0.495 e. The number of hydrogen-bond donors (Lipinski definition) is 2. The van der Waals surface area contributed by atoms with Crippen molar-refractivity contribution in [3.63, 3.8) is 0 Å². The number of aromatic nitrogens is 2. The van der Waals surface area contributed by atoms with Crippen molar-refractivity contribution in [2.24, 2.45) is 5.73 Å². The summed E-state index contributed by atoms with van der Waals surface area (Å²) in [4.78, 5) is 7.45. The Kier molecular flexibility index (Phi) is 3.66. The maximum Gasteiger partial charge on any atom is 0.137 e. The number of benzene rings is 1. The van der Waals surface area contributed by atoms with Gasteiger partial charge >= 0.3 is 0 Å². The highest BCUT2D eigenvalue weighted by Crippen LogP contribution is 2.29.